The summed E-state index contributed by atoms with van der Waals surface area (Å²) in [6, 6.07) is 13.9. The number of carbonyl (C=O) groups excluding carboxylic acids is 1. The molecule has 0 fully saturated rings. The number of halogens is 2. The second-order valence-electron chi connectivity index (χ2n) is 3.76. The first-order chi connectivity index (χ1) is 9.09. The molecule has 0 saturated heterocycles. The average Bonchev–Trinajstić information content (AvgIpc) is 2.38. The maximum atomic E-state index is 11.6. The van der Waals surface area contributed by atoms with Crippen LogP contribution in [0.25, 0.3) is 0 Å². The molecule has 0 atom stereocenters. The number of hydrogen-bond donors (Lipinski definition) is 1. The molecule has 5 heteroatoms. The fourth-order valence-electron chi connectivity index (χ4n) is 1.59. The van der Waals surface area contributed by atoms with Crippen LogP contribution in [0.15, 0.2) is 53.5 Å². The van der Waals surface area contributed by atoms with Gasteiger partial charge in [-0.05, 0) is 24.3 Å². The third kappa shape index (κ3) is 3.13. The molecule has 0 saturated carbocycles. The van der Waals surface area contributed by atoms with Crippen molar-refractivity contribution < 1.29 is 4.79 Å². The molecule has 0 aliphatic carbocycles. The van der Waals surface area contributed by atoms with Gasteiger partial charge < -0.3 is 5.73 Å². The normalized spacial score (nSPS) is 11.4. The van der Waals surface area contributed by atoms with Crippen molar-refractivity contribution in [2.45, 2.75) is 0 Å². The summed E-state index contributed by atoms with van der Waals surface area (Å²) in [5.41, 5.74) is 6.36. The standard InChI is InChI=1S/C14H10Cl2N2O/c15-10-7-4-8-11(16)12(10)13(14(17)19)18-9-5-2-1-3-6-9/h1-8H,(H2,17,19). The van der Waals surface area contributed by atoms with Gasteiger partial charge in [0.15, 0.2) is 0 Å². The number of primary amides is 1. The van der Waals surface area contributed by atoms with E-state index in [1.807, 2.05) is 18.2 Å². The second-order valence-corrected chi connectivity index (χ2v) is 4.57. The van der Waals surface area contributed by atoms with E-state index >= 15 is 0 Å². The highest BCUT2D eigenvalue weighted by Gasteiger charge is 2.17. The van der Waals surface area contributed by atoms with Gasteiger partial charge in [0, 0.05) is 5.56 Å². The lowest BCUT2D eigenvalue weighted by Gasteiger charge is -2.07. The minimum Gasteiger partial charge on any atom is -0.364 e. The zero-order valence-corrected chi connectivity index (χ0v) is 11.3. The quantitative estimate of drug-likeness (QED) is 0.864. The Bertz CT molecular complexity index is 619. The Hall–Kier alpha value is -1.84. The van der Waals surface area contributed by atoms with Crippen LogP contribution in [0, 0.1) is 0 Å². The molecular formula is C14H10Cl2N2O. The molecule has 2 aromatic carbocycles. The Morgan fingerprint density at radius 1 is 0.947 bits per heavy atom. The van der Waals surface area contributed by atoms with E-state index < -0.39 is 5.91 Å². The average molecular weight is 293 g/mol. The molecule has 2 rings (SSSR count). The fraction of sp³-hybridized carbons (Fsp3) is 0. The van der Waals surface area contributed by atoms with Crippen molar-refractivity contribution in [3.63, 3.8) is 0 Å². The minimum atomic E-state index is -0.682. The van der Waals surface area contributed by atoms with Crippen LogP contribution in [0.4, 0.5) is 5.69 Å². The monoisotopic (exact) mass is 292 g/mol. The van der Waals surface area contributed by atoms with Gasteiger partial charge in [-0.25, -0.2) is 4.99 Å². The van der Waals surface area contributed by atoms with Crippen LogP contribution in [-0.4, -0.2) is 11.6 Å². The predicted octanol–water partition coefficient (Wildman–Crippen LogP) is 3.60. The second kappa shape index (κ2) is 5.87. The van der Waals surface area contributed by atoms with Crippen LogP contribution in [0.2, 0.25) is 10.0 Å². The number of benzene rings is 2. The number of rotatable bonds is 3. The molecule has 0 aliphatic rings. The van der Waals surface area contributed by atoms with Crippen LogP contribution >= 0.6 is 23.2 Å². The summed E-state index contributed by atoms with van der Waals surface area (Å²) in [7, 11) is 0. The van der Waals surface area contributed by atoms with Crippen molar-refractivity contribution in [2.75, 3.05) is 0 Å². The molecule has 0 aromatic heterocycles. The van der Waals surface area contributed by atoms with Gasteiger partial charge in [-0.3, -0.25) is 4.79 Å². The lowest BCUT2D eigenvalue weighted by atomic mass is 10.1. The van der Waals surface area contributed by atoms with Crippen molar-refractivity contribution >= 4 is 40.5 Å². The molecule has 96 valence electrons. The molecule has 0 aliphatic heterocycles. The van der Waals surface area contributed by atoms with Crippen LogP contribution in [-0.2, 0) is 4.79 Å². The molecule has 0 heterocycles. The van der Waals surface area contributed by atoms with Gasteiger partial charge >= 0.3 is 0 Å². The number of nitrogens with zero attached hydrogens (tertiary/aromatic N) is 1. The largest absolute Gasteiger partial charge is 0.364 e. The highest BCUT2D eigenvalue weighted by atomic mass is 35.5. The van der Waals surface area contributed by atoms with Gasteiger partial charge in [-0.2, -0.15) is 0 Å². The van der Waals surface area contributed by atoms with E-state index in [9.17, 15) is 4.79 Å². The van der Waals surface area contributed by atoms with E-state index in [0.717, 1.165) is 0 Å². The Morgan fingerprint density at radius 3 is 2.05 bits per heavy atom. The van der Waals surface area contributed by atoms with E-state index in [1.165, 1.54) is 0 Å². The van der Waals surface area contributed by atoms with E-state index in [4.69, 9.17) is 28.9 Å². The van der Waals surface area contributed by atoms with Crippen LogP contribution < -0.4 is 5.73 Å². The van der Waals surface area contributed by atoms with Crippen LogP contribution in [0.1, 0.15) is 5.56 Å². The molecule has 0 radical (unpaired) electrons. The molecule has 0 unspecified atom stereocenters. The first kappa shape index (κ1) is 13.6. The van der Waals surface area contributed by atoms with E-state index in [2.05, 4.69) is 4.99 Å². The van der Waals surface area contributed by atoms with Gasteiger partial charge in [-0.1, -0.05) is 47.5 Å². The van der Waals surface area contributed by atoms with Gasteiger partial charge in [-0.15, -0.1) is 0 Å². The molecule has 19 heavy (non-hydrogen) atoms. The third-order valence-corrected chi connectivity index (χ3v) is 3.06. The van der Waals surface area contributed by atoms with Gasteiger partial charge in [0.2, 0.25) is 0 Å². The first-order valence-corrected chi connectivity index (χ1v) is 6.23. The predicted molar refractivity (Wildman–Crippen MR) is 78.3 cm³/mol. The van der Waals surface area contributed by atoms with E-state index in [0.29, 0.717) is 21.3 Å². The molecular weight excluding hydrogens is 283 g/mol. The zero-order valence-electron chi connectivity index (χ0n) is 9.81. The van der Waals surface area contributed by atoms with Crippen molar-refractivity contribution in [2.24, 2.45) is 10.7 Å². The van der Waals surface area contributed by atoms with Gasteiger partial charge in [0.05, 0.1) is 15.7 Å². The lowest BCUT2D eigenvalue weighted by molar-refractivity contribution is -0.111. The summed E-state index contributed by atoms with van der Waals surface area (Å²) in [6.07, 6.45) is 0. The van der Waals surface area contributed by atoms with Crippen LogP contribution in [0.3, 0.4) is 0 Å². The van der Waals surface area contributed by atoms with Crippen molar-refractivity contribution in [3.8, 4) is 0 Å². The number of carbonyl (C=O) groups is 1. The van der Waals surface area contributed by atoms with Crippen molar-refractivity contribution in [3.05, 3.63) is 64.1 Å². The minimum absolute atomic E-state index is 0.0433. The highest BCUT2D eigenvalue weighted by Crippen LogP contribution is 2.26. The van der Waals surface area contributed by atoms with Crippen molar-refractivity contribution in [1.29, 1.82) is 0 Å². The number of nitrogens with two attached hydrogens (primary N) is 1. The summed E-state index contributed by atoms with van der Waals surface area (Å²) >= 11 is 12.1. The third-order valence-electron chi connectivity index (χ3n) is 2.43. The van der Waals surface area contributed by atoms with Gasteiger partial charge in [0.25, 0.3) is 5.91 Å². The maximum Gasteiger partial charge on any atom is 0.268 e. The Morgan fingerprint density at radius 2 is 1.53 bits per heavy atom. The molecule has 2 N–H and O–H groups in total. The summed E-state index contributed by atoms with van der Waals surface area (Å²) in [5, 5.41) is 0.668. The summed E-state index contributed by atoms with van der Waals surface area (Å²) < 4.78 is 0. The lowest BCUT2D eigenvalue weighted by Crippen LogP contribution is -2.24. The number of hydrogen-bond acceptors (Lipinski definition) is 2. The number of para-hydroxylation sites is 1. The first-order valence-electron chi connectivity index (χ1n) is 5.47. The zero-order chi connectivity index (χ0) is 13.8. The molecule has 0 spiro atoms. The molecule has 3 nitrogen and oxygen atoms in total. The SMILES string of the molecule is NC(=O)C(=Nc1ccccc1)c1c(Cl)cccc1Cl. The highest BCUT2D eigenvalue weighted by molar-refractivity contribution is 6.52. The summed E-state index contributed by atoms with van der Waals surface area (Å²) in [5.74, 6) is -0.682. The smallest absolute Gasteiger partial charge is 0.268 e. The maximum absolute atomic E-state index is 11.6. The van der Waals surface area contributed by atoms with E-state index in [1.54, 1.807) is 30.3 Å². The fourth-order valence-corrected chi connectivity index (χ4v) is 2.17. The molecule has 0 bridgehead atoms. The van der Waals surface area contributed by atoms with Crippen LogP contribution in [0.5, 0.6) is 0 Å². The Balaban J connectivity index is 2.59. The Labute approximate surface area is 120 Å². The molecule has 2 aromatic rings. The van der Waals surface area contributed by atoms with Gasteiger partial charge in [0.1, 0.15) is 5.71 Å². The molecule has 1 amide bonds. The number of aliphatic imine (C=N–C) groups is 1. The summed E-state index contributed by atoms with van der Waals surface area (Å²) in [6.45, 7) is 0. The van der Waals surface area contributed by atoms with E-state index in [-0.39, 0.29) is 5.71 Å². The Kier molecular flexibility index (Phi) is 4.20. The number of amides is 1. The van der Waals surface area contributed by atoms with Crippen molar-refractivity contribution in [1.82, 2.24) is 0 Å². The topological polar surface area (TPSA) is 55.5 Å². The summed E-state index contributed by atoms with van der Waals surface area (Å²) in [4.78, 5) is 15.8.